The second-order valence-electron chi connectivity index (χ2n) is 3.26. The quantitative estimate of drug-likeness (QED) is 0.658. The molecular formula is C9H15N3O2. The molecule has 0 saturated heterocycles. The molecule has 0 aliphatic carbocycles. The number of nitrogens with one attached hydrogen (secondary N) is 1. The van der Waals surface area contributed by atoms with E-state index >= 15 is 0 Å². The third-order valence-corrected chi connectivity index (χ3v) is 1.83. The van der Waals surface area contributed by atoms with Crippen LogP contribution >= 0.6 is 0 Å². The Morgan fingerprint density at radius 2 is 2.43 bits per heavy atom. The molecule has 0 radical (unpaired) electrons. The highest BCUT2D eigenvalue weighted by Crippen LogP contribution is 1.89. The van der Waals surface area contributed by atoms with E-state index in [2.05, 4.69) is 10.4 Å². The van der Waals surface area contributed by atoms with E-state index in [1.165, 1.54) is 10.7 Å². The van der Waals surface area contributed by atoms with Crippen molar-refractivity contribution in [2.75, 3.05) is 13.6 Å². The summed E-state index contributed by atoms with van der Waals surface area (Å²) < 4.78 is 1.26. The molecule has 0 spiro atoms. The van der Waals surface area contributed by atoms with Crippen LogP contribution in [-0.4, -0.2) is 34.6 Å². The van der Waals surface area contributed by atoms with Crippen molar-refractivity contribution in [1.82, 2.24) is 15.1 Å². The molecule has 0 saturated carbocycles. The van der Waals surface area contributed by atoms with E-state index in [1.807, 2.05) is 6.92 Å². The summed E-state index contributed by atoms with van der Waals surface area (Å²) >= 11 is 0. The van der Waals surface area contributed by atoms with Gasteiger partial charge in [0.05, 0.1) is 18.8 Å². The Hall–Kier alpha value is -1.20. The minimum Gasteiger partial charge on any atom is -0.390 e. The molecule has 1 aromatic rings. The lowest BCUT2D eigenvalue weighted by Crippen LogP contribution is -2.33. The third kappa shape index (κ3) is 2.93. The van der Waals surface area contributed by atoms with Gasteiger partial charge in [0.25, 0.3) is 5.56 Å². The van der Waals surface area contributed by atoms with Crippen molar-refractivity contribution in [2.24, 2.45) is 0 Å². The van der Waals surface area contributed by atoms with Crippen molar-refractivity contribution >= 4 is 0 Å². The summed E-state index contributed by atoms with van der Waals surface area (Å²) in [6.07, 6.45) is 1.01. The number of rotatable bonds is 4. The summed E-state index contributed by atoms with van der Waals surface area (Å²) in [6.45, 7) is 2.48. The zero-order chi connectivity index (χ0) is 10.6. The van der Waals surface area contributed by atoms with Crippen LogP contribution in [0.15, 0.2) is 17.1 Å². The van der Waals surface area contributed by atoms with Gasteiger partial charge in [-0.25, -0.2) is 4.68 Å². The fourth-order valence-corrected chi connectivity index (χ4v) is 1.16. The first kappa shape index (κ1) is 10.9. The van der Waals surface area contributed by atoms with Crippen LogP contribution in [0.4, 0.5) is 0 Å². The summed E-state index contributed by atoms with van der Waals surface area (Å²) in [7, 11) is 1.74. The minimum absolute atomic E-state index is 0.180. The van der Waals surface area contributed by atoms with Crippen molar-refractivity contribution in [3.05, 3.63) is 28.2 Å². The molecule has 2 N–H and O–H groups in total. The van der Waals surface area contributed by atoms with Crippen molar-refractivity contribution in [1.29, 1.82) is 0 Å². The molecule has 0 aliphatic rings. The Labute approximate surface area is 82.4 Å². The summed E-state index contributed by atoms with van der Waals surface area (Å²) in [4.78, 5) is 11.3. The van der Waals surface area contributed by atoms with Gasteiger partial charge in [-0.3, -0.25) is 4.79 Å². The molecule has 0 aliphatic heterocycles. The lowest BCUT2D eigenvalue weighted by molar-refractivity contribution is 0.147. The number of aliphatic hydroxyl groups is 1. The van der Waals surface area contributed by atoms with Gasteiger partial charge in [0.2, 0.25) is 0 Å². The molecular weight excluding hydrogens is 182 g/mol. The molecule has 78 valence electrons. The van der Waals surface area contributed by atoms with Crippen molar-refractivity contribution in [3.8, 4) is 0 Å². The lowest BCUT2D eigenvalue weighted by Gasteiger charge is -2.10. The van der Waals surface area contributed by atoms with Gasteiger partial charge in [-0.1, -0.05) is 0 Å². The van der Waals surface area contributed by atoms with Crippen LogP contribution in [0.3, 0.4) is 0 Å². The summed E-state index contributed by atoms with van der Waals surface area (Å²) in [5.74, 6) is 0. The number of likely N-dealkylation sites (N-methyl/N-ethyl adjacent to an activating group) is 1. The van der Waals surface area contributed by atoms with E-state index < -0.39 is 6.10 Å². The summed E-state index contributed by atoms with van der Waals surface area (Å²) in [5, 5.41) is 16.2. The molecule has 0 aromatic carbocycles. The first-order chi connectivity index (χ1) is 6.63. The van der Waals surface area contributed by atoms with Crippen LogP contribution in [0.2, 0.25) is 0 Å². The van der Waals surface area contributed by atoms with Gasteiger partial charge in [-0.2, -0.15) is 5.10 Å². The number of aliphatic hydroxyl groups excluding tert-OH is 1. The van der Waals surface area contributed by atoms with E-state index in [1.54, 1.807) is 13.2 Å². The van der Waals surface area contributed by atoms with Gasteiger partial charge >= 0.3 is 0 Å². The van der Waals surface area contributed by atoms with Crippen molar-refractivity contribution in [2.45, 2.75) is 19.6 Å². The van der Waals surface area contributed by atoms with Gasteiger partial charge in [0.1, 0.15) is 0 Å². The largest absolute Gasteiger partial charge is 0.390 e. The average molecular weight is 197 g/mol. The van der Waals surface area contributed by atoms with E-state index in [0.717, 1.165) is 5.56 Å². The monoisotopic (exact) mass is 197 g/mol. The van der Waals surface area contributed by atoms with Gasteiger partial charge in [-0.15, -0.1) is 0 Å². The maximum atomic E-state index is 11.3. The van der Waals surface area contributed by atoms with Crippen LogP contribution in [0, 0.1) is 6.92 Å². The fourth-order valence-electron chi connectivity index (χ4n) is 1.16. The molecule has 1 aromatic heterocycles. The maximum absolute atomic E-state index is 11.3. The normalized spacial score (nSPS) is 12.8. The second-order valence-corrected chi connectivity index (χ2v) is 3.26. The van der Waals surface area contributed by atoms with E-state index in [9.17, 15) is 9.90 Å². The van der Waals surface area contributed by atoms with Gasteiger partial charge < -0.3 is 10.4 Å². The molecule has 5 heteroatoms. The standard InChI is InChI=1S/C9H15N3O2/c1-7-3-9(14)12(11-4-7)6-8(13)5-10-2/h3-4,8,10,13H,5-6H2,1-2H3. The molecule has 1 unspecified atom stereocenters. The number of aromatic nitrogens is 2. The first-order valence-electron chi connectivity index (χ1n) is 4.50. The molecule has 1 heterocycles. The van der Waals surface area contributed by atoms with Crippen LogP contribution in [-0.2, 0) is 6.54 Å². The average Bonchev–Trinajstić information content (AvgIpc) is 2.10. The molecule has 1 atom stereocenters. The van der Waals surface area contributed by atoms with Crippen LogP contribution in [0.25, 0.3) is 0 Å². The summed E-state index contributed by atoms with van der Waals surface area (Å²) in [6, 6.07) is 1.50. The SMILES string of the molecule is CNCC(O)Cn1ncc(C)cc1=O. The summed E-state index contributed by atoms with van der Waals surface area (Å²) in [5.41, 5.74) is 0.648. The lowest BCUT2D eigenvalue weighted by atomic mass is 10.3. The fraction of sp³-hybridized carbons (Fsp3) is 0.556. The Morgan fingerprint density at radius 1 is 1.71 bits per heavy atom. The Morgan fingerprint density at radius 3 is 3.00 bits per heavy atom. The molecule has 14 heavy (non-hydrogen) atoms. The highest BCUT2D eigenvalue weighted by molar-refractivity contribution is 5.02. The number of nitrogens with zero attached hydrogens (tertiary/aromatic N) is 2. The zero-order valence-electron chi connectivity index (χ0n) is 8.40. The number of aryl methyl sites for hydroxylation is 1. The molecule has 0 bridgehead atoms. The van der Waals surface area contributed by atoms with E-state index in [4.69, 9.17) is 0 Å². The topological polar surface area (TPSA) is 67.2 Å². The van der Waals surface area contributed by atoms with Crippen LogP contribution in [0.5, 0.6) is 0 Å². The minimum atomic E-state index is -0.590. The highest BCUT2D eigenvalue weighted by Gasteiger charge is 2.05. The van der Waals surface area contributed by atoms with Crippen LogP contribution < -0.4 is 10.9 Å². The van der Waals surface area contributed by atoms with Gasteiger partial charge in [0, 0.05) is 12.6 Å². The predicted octanol–water partition coefficient (Wildman–Crippen LogP) is -0.868. The zero-order valence-corrected chi connectivity index (χ0v) is 8.40. The first-order valence-corrected chi connectivity index (χ1v) is 4.50. The smallest absolute Gasteiger partial charge is 0.267 e. The molecule has 1 rings (SSSR count). The Kier molecular flexibility index (Phi) is 3.79. The molecule has 0 amide bonds. The van der Waals surface area contributed by atoms with E-state index in [-0.39, 0.29) is 12.1 Å². The molecule has 5 nitrogen and oxygen atoms in total. The second kappa shape index (κ2) is 4.88. The van der Waals surface area contributed by atoms with Crippen LogP contribution in [0.1, 0.15) is 5.56 Å². The Balaban J connectivity index is 2.72. The number of hydrogen-bond acceptors (Lipinski definition) is 4. The van der Waals surface area contributed by atoms with E-state index in [0.29, 0.717) is 6.54 Å². The Bertz CT molecular complexity index is 348. The van der Waals surface area contributed by atoms with Gasteiger partial charge in [0.15, 0.2) is 0 Å². The van der Waals surface area contributed by atoms with Gasteiger partial charge in [-0.05, 0) is 19.5 Å². The maximum Gasteiger partial charge on any atom is 0.267 e. The number of hydrogen-bond donors (Lipinski definition) is 2. The highest BCUT2D eigenvalue weighted by atomic mass is 16.3. The van der Waals surface area contributed by atoms with Crippen molar-refractivity contribution < 1.29 is 5.11 Å². The predicted molar refractivity (Wildman–Crippen MR) is 53.2 cm³/mol. The van der Waals surface area contributed by atoms with Crippen molar-refractivity contribution in [3.63, 3.8) is 0 Å². The molecule has 0 fully saturated rings. The third-order valence-electron chi connectivity index (χ3n) is 1.83.